The van der Waals surface area contributed by atoms with Crippen molar-refractivity contribution in [3.63, 3.8) is 0 Å². The van der Waals surface area contributed by atoms with Crippen LogP contribution < -0.4 is 0 Å². The van der Waals surface area contributed by atoms with Crippen LogP contribution in [0.15, 0.2) is 0 Å². The molecule has 10 heteroatoms. The van der Waals surface area contributed by atoms with Gasteiger partial charge in [-0.3, -0.25) is 0 Å². The lowest BCUT2D eigenvalue weighted by molar-refractivity contribution is 0.333. The van der Waals surface area contributed by atoms with E-state index in [0.29, 0.717) is 0 Å². The highest BCUT2D eigenvalue weighted by atomic mass is 32.2. The zero-order valence-electron chi connectivity index (χ0n) is 17.7. The van der Waals surface area contributed by atoms with Gasteiger partial charge in [0.05, 0.1) is 0 Å². The van der Waals surface area contributed by atoms with Crippen molar-refractivity contribution < 1.29 is 13.3 Å². The lowest BCUT2D eigenvalue weighted by Crippen LogP contribution is -2.76. The predicted molar refractivity (Wildman–Crippen MR) is 131 cm³/mol. The third-order valence-corrected chi connectivity index (χ3v) is 56.8. The molecule has 0 aromatic heterocycles. The molecule has 0 bridgehead atoms. The summed E-state index contributed by atoms with van der Waals surface area (Å²) in [5.74, 6) is 3.24. The average Bonchev–Trinajstić information content (AvgIpc) is 2.46. The van der Waals surface area contributed by atoms with Crippen molar-refractivity contribution in [3.05, 3.63) is 0 Å². The fraction of sp³-hybridized carbons (Fsp3) is 1.00. The van der Waals surface area contributed by atoms with Crippen molar-refractivity contribution in [1.82, 2.24) is 0 Å². The van der Waals surface area contributed by atoms with E-state index in [4.69, 9.17) is 13.3 Å². The number of thioether (sulfide) groups is 3. The van der Waals surface area contributed by atoms with Crippen molar-refractivity contribution in [2.75, 3.05) is 55.8 Å². The van der Waals surface area contributed by atoms with Gasteiger partial charge in [-0.15, -0.1) is 0 Å². The van der Waals surface area contributed by atoms with E-state index in [-0.39, 0.29) is 0 Å². The lowest BCUT2D eigenvalue weighted by Gasteiger charge is -2.46. The second-order valence-corrected chi connectivity index (χ2v) is 40.9. The van der Waals surface area contributed by atoms with E-state index in [0.717, 1.165) is 37.1 Å². The van der Waals surface area contributed by atoms with Gasteiger partial charge in [0, 0.05) is 37.1 Å². The van der Waals surface area contributed by atoms with Crippen molar-refractivity contribution in [3.8, 4) is 0 Å². The number of hydrogen-bond donors (Lipinski definition) is 0. The Morgan fingerprint density at radius 1 is 0.560 bits per heavy atom. The first-order valence-corrected chi connectivity index (χ1v) is 26.2. The average molecular weight is 476 g/mol. The summed E-state index contributed by atoms with van der Waals surface area (Å²) in [7, 11) is -6.23. The van der Waals surface area contributed by atoms with Gasteiger partial charge in [0.1, 0.15) is 7.35 Å². The van der Waals surface area contributed by atoms with Gasteiger partial charge in [-0.2, -0.15) is 35.3 Å². The quantitative estimate of drug-likeness (QED) is 0.256. The van der Waals surface area contributed by atoms with Crippen molar-refractivity contribution in [2.24, 2.45) is 0 Å². The summed E-state index contributed by atoms with van der Waals surface area (Å²) in [4.78, 5) is 0. The van der Waals surface area contributed by atoms with Crippen LogP contribution >= 0.6 is 35.3 Å². The first-order valence-electron chi connectivity index (χ1n) is 8.82. The van der Waals surface area contributed by atoms with Gasteiger partial charge in [-0.05, 0) is 58.0 Å². The van der Waals surface area contributed by atoms with Crippen LogP contribution in [0.2, 0.25) is 39.3 Å². The lowest BCUT2D eigenvalue weighted by atomic mass is 10.9. The first kappa shape index (κ1) is 26.8. The Bertz CT molecular complexity index is 309. The minimum Gasteiger partial charge on any atom is -0.420 e. The molecule has 0 unspecified atom stereocenters. The summed E-state index contributed by atoms with van der Waals surface area (Å²) in [6.45, 7) is 17.2. The Morgan fingerprint density at radius 3 is 1.00 bits per heavy atom. The highest BCUT2D eigenvalue weighted by molar-refractivity contribution is 7.99. The molecule has 151 valence electrons. The maximum Gasteiger partial charge on any atom is 0.172 e. The van der Waals surface area contributed by atoms with Crippen molar-refractivity contribution >= 4 is 66.1 Å². The summed E-state index contributed by atoms with van der Waals surface area (Å²) in [5.41, 5.74) is 0. The Labute approximate surface area is 173 Å². The smallest absolute Gasteiger partial charge is 0.172 e. The standard InChI is InChI=1S/C15H39O3S3Si4/c1-19-13-10-16-23(4,5)22(24(6,7)17-11-14-20-2)25(8,9)18-12-15-21-3/h10-15H2,1-9H3. The normalized spacial score (nSPS) is 13.7. The van der Waals surface area contributed by atoms with Gasteiger partial charge in [0.25, 0.3) is 0 Å². The highest BCUT2D eigenvalue weighted by Gasteiger charge is 2.58. The molecule has 0 atom stereocenters. The fourth-order valence-corrected chi connectivity index (χ4v) is 69.7. The van der Waals surface area contributed by atoms with Crippen LogP contribution in [-0.4, -0.2) is 86.7 Å². The summed E-state index contributed by atoms with van der Waals surface area (Å²) in [6, 6.07) is 0. The van der Waals surface area contributed by atoms with Crippen LogP contribution in [0.1, 0.15) is 0 Å². The zero-order valence-corrected chi connectivity index (χ0v) is 24.1. The molecule has 0 saturated carbocycles. The molecule has 0 aromatic rings. The molecular formula is C15H39O3S3Si4. The van der Waals surface area contributed by atoms with Crippen LogP contribution in [0.5, 0.6) is 0 Å². The van der Waals surface area contributed by atoms with Gasteiger partial charge >= 0.3 is 0 Å². The van der Waals surface area contributed by atoms with E-state index in [1.807, 2.05) is 35.3 Å². The van der Waals surface area contributed by atoms with E-state index in [1.165, 1.54) is 0 Å². The molecular weight excluding hydrogens is 437 g/mol. The van der Waals surface area contributed by atoms with Crippen molar-refractivity contribution in [1.29, 1.82) is 0 Å². The van der Waals surface area contributed by atoms with Crippen LogP contribution in [0.3, 0.4) is 0 Å². The first-order chi connectivity index (χ1) is 11.5. The maximum absolute atomic E-state index is 6.58. The number of hydrogen-bond acceptors (Lipinski definition) is 6. The molecule has 0 aliphatic heterocycles. The largest absolute Gasteiger partial charge is 0.420 e. The maximum atomic E-state index is 6.58. The zero-order chi connectivity index (χ0) is 19.6. The van der Waals surface area contributed by atoms with E-state index in [2.05, 4.69) is 58.0 Å². The SMILES string of the molecule is CSCCO[Si](C)(C)[Si]([Si](C)(C)OCCSC)[Si](C)(C)OCCSC. The molecule has 0 N–H and O–H groups in total. The van der Waals surface area contributed by atoms with Gasteiger partial charge in [-0.25, -0.2) is 0 Å². The third-order valence-electron chi connectivity index (χ3n) is 4.06. The van der Waals surface area contributed by atoms with Gasteiger partial charge < -0.3 is 13.3 Å². The minimum absolute atomic E-state index is 0.792. The summed E-state index contributed by atoms with van der Waals surface area (Å²) in [5, 5.41) is 0. The second kappa shape index (κ2) is 13.1. The second-order valence-electron chi connectivity index (χ2n) is 7.43. The molecule has 0 aliphatic rings. The molecule has 0 heterocycles. The molecule has 0 aromatic carbocycles. The van der Waals surface area contributed by atoms with Crippen LogP contribution in [0.25, 0.3) is 0 Å². The molecule has 25 heavy (non-hydrogen) atoms. The molecule has 0 saturated heterocycles. The van der Waals surface area contributed by atoms with E-state index >= 15 is 0 Å². The van der Waals surface area contributed by atoms with Crippen LogP contribution in [0, 0.1) is 0 Å². The predicted octanol–water partition coefficient (Wildman–Crippen LogP) is 4.47. The number of rotatable bonds is 15. The Balaban J connectivity index is 5.39. The minimum atomic E-state index is -1.81. The Kier molecular flexibility index (Phi) is 14.0. The monoisotopic (exact) mass is 475 g/mol. The molecule has 0 spiro atoms. The molecule has 0 rings (SSSR count). The van der Waals surface area contributed by atoms with Gasteiger partial charge in [-0.1, -0.05) is 0 Å². The van der Waals surface area contributed by atoms with Crippen molar-refractivity contribution in [2.45, 2.75) is 39.3 Å². The molecule has 3 nitrogen and oxygen atoms in total. The Hall–Kier alpha value is 1.80. The highest BCUT2D eigenvalue weighted by Crippen LogP contribution is 2.29. The van der Waals surface area contributed by atoms with E-state index in [1.54, 1.807) is 0 Å². The van der Waals surface area contributed by atoms with E-state index in [9.17, 15) is 0 Å². The summed E-state index contributed by atoms with van der Waals surface area (Å²) < 4.78 is 19.7. The molecule has 0 aliphatic carbocycles. The molecule has 0 amide bonds. The van der Waals surface area contributed by atoms with Crippen LogP contribution in [-0.2, 0) is 13.3 Å². The Morgan fingerprint density at radius 2 is 0.800 bits per heavy atom. The van der Waals surface area contributed by atoms with E-state index < -0.39 is 30.9 Å². The summed E-state index contributed by atoms with van der Waals surface area (Å²) >= 11 is 5.60. The fourth-order valence-electron chi connectivity index (χ4n) is 3.53. The third kappa shape index (κ3) is 10.2. The van der Waals surface area contributed by atoms with Crippen LogP contribution in [0.4, 0.5) is 0 Å². The molecule has 1 radical (unpaired) electrons. The van der Waals surface area contributed by atoms with Gasteiger partial charge in [0.15, 0.2) is 23.5 Å². The topological polar surface area (TPSA) is 27.7 Å². The van der Waals surface area contributed by atoms with Gasteiger partial charge in [0.2, 0.25) is 0 Å². The summed E-state index contributed by atoms with van der Waals surface area (Å²) in [6.07, 6.45) is 6.45. The molecule has 0 fully saturated rings.